The molecule has 5 rings (SSSR count). The fraction of sp³-hybridized carbons (Fsp3) is 0.200. The minimum absolute atomic E-state index is 0.559. The van der Waals surface area contributed by atoms with Crippen molar-refractivity contribution in [3.05, 3.63) is 54.9 Å². The summed E-state index contributed by atoms with van der Waals surface area (Å²) in [7, 11) is 0. The first-order valence-corrected chi connectivity index (χ1v) is 8.53. The Bertz CT molecular complexity index is 1050. The van der Waals surface area contributed by atoms with E-state index in [0.717, 1.165) is 46.6 Å². The number of rotatable bonds is 3. The van der Waals surface area contributed by atoms with E-state index in [1.54, 1.807) is 6.33 Å². The van der Waals surface area contributed by atoms with Crippen LogP contribution in [0.3, 0.4) is 0 Å². The van der Waals surface area contributed by atoms with E-state index in [0.29, 0.717) is 5.88 Å². The largest absolute Gasteiger partial charge is 0.456 e. The predicted octanol–water partition coefficient (Wildman–Crippen LogP) is 4.77. The molecule has 5 nitrogen and oxygen atoms in total. The van der Waals surface area contributed by atoms with Gasteiger partial charge in [0.1, 0.15) is 29.1 Å². The number of hydrogen-bond donors (Lipinski definition) is 0. The van der Waals surface area contributed by atoms with Crippen LogP contribution in [0.4, 0.5) is 5.82 Å². The van der Waals surface area contributed by atoms with Crippen molar-refractivity contribution in [1.29, 1.82) is 0 Å². The molecule has 5 heteroatoms. The Morgan fingerprint density at radius 1 is 0.880 bits per heavy atom. The maximum Gasteiger partial charge on any atom is 0.224 e. The lowest BCUT2D eigenvalue weighted by Gasteiger charge is -2.16. The number of aromatic nitrogens is 2. The maximum absolute atomic E-state index is 5.99. The van der Waals surface area contributed by atoms with Crippen molar-refractivity contribution in [2.45, 2.75) is 12.8 Å². The van der Waals surface area contributed by atoms with Crippen molar-refractivity contribution in [2.24, 2.45) is 0 Å². The second-order valence-corrected chi connectivity index (χ2v) is 6.27. The molecule has 0 amide bonds. The topological polar surface area (TPSA) is 51.4 Å². The highest BCUT2D eigenvalue weighted by molar-refractivity contribution is 6.05. The number of nitrogens with zero attached hydrogens (tertiary/aromatic N) is 3. The van der Waals surface area contributed by atoms with Crippen LogP contribution in [0.1, 0.15) is 12.8 Å². The summed E-state index contributed by atoms with van der Waals surface area (Å²) >= 11 is 0. The van der Waals surface area contributed by atoms with Gasteiger partial charge in [-0.3, -0.25) is 0 Å². The van der Waals surface area contributed by atoms with E-state index in [-0.39, 0.29) is 0 Å². The van der Waals surface area contributed by atoms with Crippen molar-refractivity contribution >= 4 is 27.8 Å². The molecule has 0 radical (unpaired) electrons. The molecule has 1 aliphatic rings. The molecule has 0 aliphatic carbocycles. The number of furan rings is 1. The molecule has 0 unspecified atom stereocenters. The summed E-state index contributed by atoms with van der Waals surface area (Å²) in [6.07, 6.45) is 3.99. The van der Waals surface area contributed by atoms with E-state index in [9.17, 15) is 0 Å². The van der Waals surface area contributed by atoms with Crippen molar-refractivity contribution in [3.8, 4) is 11.6 Å². The Morgan fingerprint density at radius 2 is 1.72 bits per heavy atom. The highest BCUT2D eigenvalue weighted by Crippen LogP contribution is 2.33. The Balaban J connectivity index is 1.49. The third-order valence-electron chi connectivity index (χ3n) is 4.63. The van der Waals surface area contributed by atoms with Gasteiger partial charge in [-0.05, 0) is 37.1 Å². The zero-order valence-electron chi connectivity index (χ0n) is 13.7. The molecule has 4 aromatic rings. The lowest BCUT2D eigenvalue weighted by atomic mass is 10.1. The number of ether oxygens (including phenoxy) is 1. The highest BCUT2D eigenvalue weighted by atomic mass is 16.5. The number of benzene rings is 2. The van der Waals surface area contributed by atoms with Crippen LogP contribution in [-0.2, 0) is 0 Å². The molecule has 0 N–H and O–H groups in total. The molecule has 0 bridgehead atoms. The molecule has 1 saturated heterocycles. The minimum Gasteiger partial charge on any atom is -0.456 e. The molecular formula is C20H17N3O2. The van der Waals surface area contributed by atoms with E-state index in [4.69, 9.17) is 9.15 Å². The quantitative estimate of drug-likeness (QED) is 0.541. The standard InChI is InChI=1S/C20H17N3O2/c1-2-6-17-15(5-1)16-11-14(7-8-18(16)25-17)24-20-12-19(21-13-22-20)23-9-3-4-10-23/h1-2,5-8,11-13H,3-4,9-10H2. The number of anilines is 1. The second kappa shape index (κ2) is 5.77. The maximum atomic E-state index is 5.99. The van der Waals surface area contributed by atoms with Crippen LogP contribution in [0.15, 0.2) is 59.3 Å². The normalized spacial score (nSPS) is 14.5. The van der Waals surface area contributed by atoms with E-state index in [1.807, 2.05) is 42.5 Å². The zero-order valence-corrected chi connectivity index (χ0v) is 13.7. The van der Waals surface area contributed by atoms with Gasteiger partial charge in [0.05, 0.1) is 0 Å². The van der Waals surface area contributed by atoms with Crippen LogP contribution < -0.4 is 9.64 Å². The van der Waals surface area contributed by atoms with Crippen LogP contribution in [0, 0.1) is 0 Å². The van der Waals surface area contributed by atoms with Crippen molar-refractivity contribution in [3.63, 3.8) is 0 Å². The Kier molecular flexibility index (Phi) is 3.30. The monoisotopic (exact) mass is 331 g/mol. The summed E-state index contributed by atoms with van der Waals surface area (Å²) in [6, 6.07) is 15.8. The molecule has 3 heterocycles. The molecule has 0 saturated carbocycles. The van der Waals surface area contributed by atoms with E-state index < -0.39 is 0 Å². The van der Waals surface area contributed by atoms with Gasteiger partial charge in [0.25, 0.3) is 0 Å². The summed E-state index contributed by atoms with van der Waals surface area (Å²) < 4.78 is 11.8. The molecule has 2 aromatic heterocycles. The van der Waals surface area contributed by atoms with E-state index in [2.05, 4.69) is 20.9 Å². The van der Waals surface area contributed by atoms with E-state index in [1.165, 1.54) is 12.8 Å². The predicted molar refractivity (Wildman–Crippen MR) is 97.3 cm³/mol. The van der Waals surface area contributed by atoms with Gasteiger partial charge in [-0.15, -0.1) is 0 Å². The Labute approximate surface area is 144 Å². The van der Waals surface area contributed by atoms with Gasteiger partial charge in [-0.25, -0.2) is 9.97 Å². The molecular weight excluding hydrogens is 314 g/mol. The average Bonchev–Trinajstić information content (AvgIpc) is 3.30. The molecule has 124 valence electrons. The van der Waals surface area contributed by atoms with E-state index >= 15 is 0 Å². The summed E-state index contributed by atoms with van der Waals surface area (Å²) in [6.45, 7) is 2.09. The summed E-state index contributed by atoms with van der Waals surface area (Å²) in [5.74, 6) is 2.23. The van der Waals surface area contributed by atoms with Gasteiger partial charge in [0.15, 0.2) is 0 Å². The van der Waals surface area contributed by atoms with Crippen LogP contribution in [0.25, 0.3) is 21.9 Å². The van der Waals surface area contributed by atoms with Crippen molar-refractivity contribution < 1.29 is 9.15 Å². The van der Waals surface area contributed by atoms with Gasteiger partial charge >= 0.3 is 0 Å². The molecule has 0 spiro atoms. The third kappa shape index (κ3) is 2.58. The Morgan fingerprint density at radius 3 is 2.64 bits per heavy atom. The Hall–Kier alpha value is -3.08. The van der Waals surface area contributed by atoms with Gasteiger partial charge in [-0.2, -0.15) is 0 Å². The van der Waals surface area contributed by atoms with Crippen LogP contribution in [-0.4, -0.2) is 23.1 Å². The first-order valence-electron chi connectivity index (χ1n) is 8.53. The molecule has 25 heavy (non-hydrogen) atoms. The lowest BCUT2D eigenvalue weighted by Crippen LogP contribution is -2.18. The van der Waals surface area contributed by atoms with Gasteiger partial charge in [-0.1, -0.05) is 18.2 Å². The van der Waals surface area contributed by atoms with Crippen molar-refractivity contribution in [2.75, 3.05) is 18.0 Å². The van der Waals surface area contributed by atoms with Gasteiger partial charge in [0, 0.05) is 29.9 Å². The van der Waals surface area contributed by atoms with Crippen LogP contribution in [0.5, 0.6) is 11.6 Å². The molecule has 1 fully saturated rings. The van der Waals surface area contributed by atoms with Crippen LogP contribution in [0.2, 0.25) is 0 Å². The minimum atomic E-state index is 0.559. The SMILES string of the molecule is c1ccc2c(c1)oc1ccc(Oc3cc(N4CCCC4)ncn3)cc12. The fourth-order valence-electron chi connectivity index (χ4n) is 3.39. The van der Waals surface area contributed by atoms with Crippen molar-refractivity contribution in [1.82, 2.24) is 9.97 Å². The van der Waals surface area contributed by atoms with Gasteiger partial charge < -0.3 is 14.1 Å². The average molecular weight is 331 g/mol. The van der Waals surface area contributed by atoms with Crippen LogP contribution >= 0.6 is 0 Å². The zero-order chi connectivity index (χ0) is 16.6. The summed E-state index contributed by atoms with van der Waals surface area (Å²) in [5, 5.41) is 2.13. The third-order valence-corrected chi connectivity index (χ3v) is 4.63. The molecule has 2 aromatic carbocycles. The lowest BCUT2D eigenvalue weighted by molar-refractivity contribution is 0.462. The number of hydrogen-bond acceptors (Lipinski definition) is 5. The number of para-hydroxylation sites is 1. The first kappa shape index (κ1) is 14.3. The molecule has 0 atom stereocenters. The van der Waals surface area contributed by atoms with Gasteiger partial charge in [0.2, 0.25) is 5.88 Å². The summed E-state index contributed by atoms with van der Waals surface area (Å²) in [4.78, 5) is 10.9. The molecule has 1 aliphatic heterocycles. The highest BCUT2D eigenvalue weighted by Gasteiger charge is 2.15. The first-order chi connectivity index (χ1) is 12.4. The fourth-order valence-corrected chi connectivity index (χ4v) is 3.39. The second-order valence-electron chi connectivity index (χ2n) is 6.27. The number of fused-ring (bicyclic) bond motifs is 3. The summed E-state index contributed by atoms with van der Waals surface area (Å²) in [5.41, 5.74) is 1.74. The smallest absolute Gasteiger partial charge is 0.224 e.